The minimum absolute atomic E-state index is 0.0592. The number of rotatable bonds is 4. The molecule has 0 N–H and O–H groups in total. The van der Waals surface area contributed by atoms with Crippen LogP contribution < -0.4 is 4.90 Å². The molecule has 2 aliphatic rings. The van der Waals surface area contributed by atoms with Gasteiger partial charge >= 0.3 is 0 Å². The molecule has 0 atom stereocenters. The maximum atomic E-state index is 12.6. The van der Waals surface area contributed by atoms with E-state index in [2.05, 4.69) is 18.9 Å². The number of piperidine rings is 1. The van der Waals surface area contributed by atoms with Gasteiger partial charge in [-0.15, -0.1) is 0 Å². The van der Waals surface area contributed by atoms with Crippen molar-refractivity contribution in [1.82, 2.24) is 4.90 Å². The number of hydrogen-bond acceptors (Lipinski definition) is 4. The Morgan fingerprint density at radius 3 is 2.35 bits per heavy atom. The van der Waals surface area contributed by atoms with E-state index in [0.29, 0.717) is 19.1 Å². The Balaban J connectivity index is 1.56. The number of carbonyl (C=O) groups excluding carboxylic acids is 1. The van der Waals surface area contributed by atoms with E-state index in [-0.39, 0.29) is 12.2 Å². The van der Waals surface area contributed by atoms with Crippen LogP contribution in [0.5, 0.6) is 0 Å². The molecular weight excluding hydrogens is 292 g/mol. The van der Waals surface area contributed by atoms with Gasteiger partial charge in [-0.25, -0.2) is 0 Å². The first-order valence-corrected chi connectivity index (χ1v) is 8.52. The average Bonchev–Trinajstić information content (AvgIpc) is 3.15. The summed E-state index contributed by atoms with van der Waals surface area (Å²) in [5.74, 6) is 0.546. The number of likely N-dealkylation sites (tertiary alicyclic amines) is 1. The summed E-state index contributed by atoms with van der Waals surface area (Å²) in [4.78, 5) is 16.7. The van der Waals surface area contributed by atoms with E-state index >= 15 is 0 Å². The van der Waals surface area contributed by atoms with E-state index in [4.69, 9.17) is 9.47 Å². The van der Waals surface area contributed by atoms with Crippen LogP contribution in [-0.4, -0.2) is 57.0 Å². The Morgan fingerprint density at radius 2 is 1.78 bits per heavy atom. The molecule has 5 heteroatoms. The normalized spacial score (nSPS) is 20.0. The predicted molar refractivity (Wildman–Crippen MR) is 89.7 cm³/mol. The van der Waals surface area contributed by atoms with Crippen molar-refractivity contribution in [1.29, 1.82) is 0 Å². The van der Waals surface area contributed by atoms with Gasteiger partial charge in [0.15, 0.2) is 6.29 Å². The van der Waals surface area contributed by atoms with Crippen LogP contribution in [0.15, 0.2) is 24.3 Å². The lowest BCUT2D eigenvalue weighted by Crippen LogP contribution is -2.41. The molecule has 0 aromatic heterocycles. The molecular formula is C18H26N2O3. The molecule has 2 aliphatic heterocycles. The third-order valence-electron chi connectivity index (χ3n) is 4.89. The quantitative estimate of drug-likeness (QED) is 0.855. The van der Waals surface area contributed by atoms with Crippen molar-refractivity contribution >= 4 is 11.6 Å². The van der Waals surface area contributed by atoms with E-state index in [9.17, 15) is 4.79 Å². The molecule has 2 saturated heterocycles. The van der Waals surface area contributed by atoms with Crippen molar-refractivity contribution < 1.29 is 14.3 Å². The second-order valence-corrected chi connectivity index (χ2v) is 6.30. The lowest BCUT2D eigenvalue weighted by Gasteiger charge is -2.34. The van der Waals surface area contributed by atoms with Crippen LogP contribution in [0.4, 0.5) is 5.69 Å². The topological polar surface area (TPSA) is 42.0 Å². The lowest BCUT2D eigenvalue weighted by atomic mass is 9.95. The zero-order valence-electron chi connectivity index (χ0n) is 14.0. The summed E-state index contributed by atoms with van der Waals surface area (Å²) in [5, 5.41) is 0. The first-order valence-electron chi connectivity index (χ1n) is 8.52. The van der Waals surface area contributed by atoms with Crippen LogP contribution in [0.2, 0.25) is 0 Å². The van der Waals surface area contributed by atoms with Gasteiger partial charge in [-0.1, -0.05) is 0 Å². The molecule has 3 rings (SSSR count). The maximum absolute atomic E-state index is 12.6. The smallest absolute Gasteiger partial charge is 0.253 e. The third-order valence-corrected chi connectivity index (χ3v) is 4.89. The summed E-state index contributed by atoms with van der Waals surface area (Å²) in [5.41, 5.74) is 1.91. The summed E-state index contributed by atoms with van der Waals surface area (Å²) in [6, 6.07) is 7.89. The second kappa shape index (κ2) is 7.32. The minimum Gasteiger partial charge on any atom is -0.375 e. The van der Waals surface area contributed by atoms with Crippen molar-refractivity contribution in [2.75, 3.05) is 44.8 Å². The molecule has 1 amide bonds. The van der Waals surface area contributed by atoms with Crippen molar-refractivity contribution in [3.63, 3.8) is 0 Å². The van der Waals surface area contributed by atoms with Gasteiger partial charge in [-0.3, -0.25) is 4.79 Å². The molecule has 23 heavy (non-hydrogen) atoms. The van der Waals surface area contributed by atoms with Crippen molar-refractivity contribution in [2.24, 2.45) is 5.92 Å². The van der Waals surface area contributed by atoms with E-state index in [1.54, 1.807) is 0 Å². The highest BCUT2D eigenvalue weighted by molar-refractivity contribution is 5.94. The number of carbonyl (C=O) groups is 1. The Kier molecular flexibility index (Phi) is 5.18. The lowest BCUT2D eigenvalue weighted by molar-refractivity contribution is -0.0956. The van der Waals surface area contributed by atoms with Gasteiger partial charge in [-0.05, 0) is 44.0 Å². The third kappa shape index (κ3) is 3.67. The highest BCUT2D eigenvalue weighted by Gasteiger charge is 2.31. The number of anilines is 1. The molecule has 0 saturated carbocycles. The van der Waals surface area contributed by atoms with E-state index in [1.165, 1.54) is 0 Å². The molecule has 1 aromatic carbocycles. The SMILES string of the molecule is CCN(C)c1ccc(C(=O)N2CCC(C3OCCO3)CC2)cc1. The Labute approximate surface area is 138 Å². The van der Waals surface area contributed by atoms with Crippen LogP contribution >= 0.6 is 0 Å². The van der Waals surface area contributed by atoms with Crippen LogP contribution in [0.25, 0.3) is 0 Å². The standard InChI is InChI=1S/C18H26N2O3/c1-3-19(2)16-6-4-14(5-7-16)17(21)20-10-8-15(9-11-20)18-22-12-13-23-18/h4-7,15,18H,3,8-13H2,1-2H3. The minimum atomic E-state index is -0.0592. The van der Waals surface area contributed by atoms with Gasteiger partial charge in [-0.2, -0.15) is 0 Å². The van der Waals surface area contributed by atoms with Gasteiger partial charge < -0.3 is 19.3 Å². The summed E-state index contributed by atoms with van der Waals surface area (Å²) in [7, 11) is 2.05. The molecule has 5 nitrogen and oxygen atoms in total. The van der Waals surface area contributed by atoms with Gasteiger partial charge in [0, 0.05) is 43.9 Å². The monoisotopic (exact) mass is 318 g/mol. The number of benzene rings is 1. The van der Waals surface area contributed by atoms with Gasteiger partial charge in [0.1, 0.15) is 0 Å². The van der Waals surface area contributed by atoms with Crippen LogP contribution in [-0.2, 0) is 9.47 Å². The molecule has 2 fully saturated rings. The average molecular weight is 318 g/mol. The molecule has 2 heterocycles. The van der Waals surface area contributed by atoms with Crippen molar-refractivity contribution in [2.45, 2.75) is 26.1 Å². The van der Waals surface area contributed by atoms with Crippen molar-refractivity contribution in [3.8, 4) is 0 Å². The molecule has 0 unspecified atom stereocenters. The van der Waals surface area contributed by atoms with Gasteiger partial charge in [0.2, 0.25) is 0 Å². The summed E-state index contributed by atoms with van der Waals surface area (Å²) in [6.07, 6.45) is 1.84. The largest absolute Gasteiger partial charge is 0.375 e. The Bertz CT molecular complexity index is 518. The van der Waals surface area contributed by atoms with Crippen molar-refractivity contribution in [3.05, 3.63) is 29.8 Å². The summed E-state index contributed by atoms with van der Waals surface area (Å²) >= 11 is 0. The Hall–Kier alpha value is -1.59. The Morgan fingerprint density at radius 1 is 1.17 bits per heavy atom. The van der Waals surface area contributed by atoms with Crippen LogP contribution in [0.1, 0.15) is 30.1 Å². The fourth-order valence-electron chi connectivity index (χ4n) is 3.25. The fourth-order valence-corrected chi connectivity index (χ4v) is 3.25. The first kappa shape index (κ1) is 16.3. The summed E-state index contributed by atoms with van der Waals surface area (Å²) < 4.78 is 11.2. The fraction of sp³-hybridized carbons (Fsp3) is 0.611. The zero-order chi connectivity index (χ0) is 16.2. The first-order chi connectivity index (χ1) is 11.2. The molecule has 0 bridgehead atoms. The highest BCUT2D eigenvalue weighted by Crippen LogP contribution is 2.26. The number of ether oxygens (including phenoxy) is 2. The van der Waals surface area contributed by atoms with E-state index in [1.807, 2.05) is 29.2 Å². The molecule has 0 radical (unpaired) electrons. The highest BCUT2D eigenvalue weighted by atomic mass is 16.7. The van der Waals surface area contributed by atoms with E-state index in [0.717, 1.165) is 43.7 Å². The molecule has 1 aromatic rings. The number of hydrogen-bond donors (Lipinski definition) is 0. The van der Waals surface area contributed by atoms with Crippen LogP contribution in [0, 0.1) is 5.92 Å². The van der Waals surface area contributed by atoms with Gasteiger partial charge in [0.25, 0.3) is 5.91 Å². The van der Waals surface area contributed by atoms with Gasteiger partial charge in [0.05, 0.1) is 13.2 Å². The number of nitrogens with zero attached hydrogens (tertiary/aromatic N) is 2. The maximum Gasteiger partial charge on any atom is 0.253 e. The van der Waals surface area contributed by atoms with E-state index < -0.39 is 0 Å². The second-order valence-electron chi connectivity index (χ2n) is 6.30. The zero-order valence-corrected chi connectivity index (χ0v) is 14.0. The molecule has 0 aliphatic carbocycles. The molecule has 126 valence electrons. The number of amides is 1. The van der Waals surface area contributed by atoms with Crippen LogP contribution in [0.3, 0.4) is 0 Å². The predicted octanol–water partition coefficient (Wildman–Crippen LogP) is 2.37. The summed E-state index contributed by atoms with van der Waals surface area (Å²) in [6.45, 7) is 6.02. The molecule has 0 spiro atoms.